The minimum absolute atomic E-state index is 0.0108. The number of hydrogen-bond donors (Lipinski definition) is 3. The van der Waals surface area contributed by atoms with Crippen molar-refractivity contribution in [2.45, 2.75) is 65.0 Å². The summed E-state index contributed by atoms with van der Waals surface area (Å²) >= 11 is 0. The fraction of sp³-hybridized carbons (Fsp3) is 0.929. The molecule has 19 heavy (non-hydrogen) atoms. The van der Waals surface area contributed by atoms with Crippen molar-refractivity contribution in [2.24, 2.45) is 16.3 Å². The van der Waals surface area contributed by atoms with Crippen LogP contribution in [-0.2, 0) is 4.74 Å². The van der Waals surface area contributed by atoms with E-state index in [-0.39, 0.29) is 11.0 Å². The summed E-state index contributed by atoms with van der Waals surface area (Å²) in [5.74, 6) is 0.305. The normalized spacial score (nSPS) is 24.4. The van der Waals surface area contributed by atoms with Gasteiger partial charge in [0.1, 0.15) is 5.84 Å². The lowest BCUT2D eigenvalue weighted by atomic mass is 9.86. The Morgan fingerprint density at radius 1 is 1.53 bits per heavy atom. The van der Waals surface area contributed by atoms with Crippen molar-refractivity contribution in [3.05, 3.63) is 0 Å². The van der Waals surface area contributed by atoms with E-state index in [2.05, 4.69) is 24.3 Å². The van der Waals surface area contributed by atoms with Crippen LogP contribution in [0.1, 0.15) is 53.4 Å². The van der Waals surface area contributed by atoms with Gasteiger partial charge in [0, 0.05) is 18.1 Å². The van der Waals surface area contributed by atoms with Crippen LogP contribution >= 0.6 is 0 Å². The number of rotatable bonds is 6. The average Bonchev–Trinajstić information content (AvgIpc) is 2.32. The van der Waals surface area contributed by atoms with Gasteiger partial charge in [-0.15, -0.1) is 0 Å². The maximum atomic E-state index is 8.72. The summed E-state index contributed by atoms with van der Waals surface area (Å²) in [5, 5.41) is 15.4. The molecule has 0 radical (unpaired) electrons. The Morgan fingerprint density at radius 2 is 2.21 bits per heavy atom. The van der Waals surface area contributed by atoms with Crippen LogP contribution < -0.4 is 11.1 Å². The van der Waals surface area contributed by atoms with E-state index in [1.165, 1.54) is 0 Å². The highest BCUT2D eigenvalue weighted by molar-refractivity contribution is 5.85. The summed E-state index contributed by atoms with van der Waals surface area (Å²) in [5.41, 5.74) is 5.42. The summed E-state index contributed by atoms with van der Waals surface area (Å²) in [6.07, 6.45) is 4.05. The minimum atomic E-state index is -0.245. The van der Waals surface area contributed by atoms with Crippen LogP contribution in [0.4, 0.5) is 0 Å². The van der Waals surface area contributed by atoms with Crippen molar-refractivity contribution >= 4 is 5.84 Å². The van der Waals surface area contributed by atoms with E-state index in [1.54, 1.807) is 0 Å². The SMILES string of the molecule is CC1(C)CC(NCCCC(C)(C)C(N)=NO)CCO1. The number of hydrogen-bond acceptors (Lipinski definition) is 4. The van der Waals surface area contributed by atoms with Crippen molar-refractivity contribution in [3.8, 4) is 0 Å². The van der Waals surface area contributed by atoms with E-state index in [9.17, 15) is 0 Å². The first-order valence-electron chi connectivity index (χ1n) is 7.12. The number of nitrogens with zero attached hydrogens (tertiary/aromatic N) is 1. The van der Waals surface area contributed by atoms with Crippen LogP contribution in [0.15, 0.2) is 5.16 Å². The molecule has 0 aromatic heterocycles. The van der Waals surface area contributed by atoms with E-state index in [0.29, 0.717) is 11.9 Å². The second kappa shape index (κ2) is 6.57. The van der Waals surface area contributed by atoms with E-state index in [4.69, 9.17) is 15.7 Å². The lowest BCUT2D eigenvalue weighted by Crippen LogP contribution is -2.44. The van der Waals surface area contributed by atoms with Crippen molar-refractivity contribution < 1.29 is 9.94 Å². The Balaban J connectivity index is 2.24. The van der Waals surface area contributed by atoms with Gasteiger partial charge in [0.2, 0.25) is 0 Å². The van der Waals surface area contributed by atoms with Crippen LogP contribution in [0.2, 0.25) is 0 Å². The summed E-state index contributed by atoms with van der Waals surface area (Å²) in [4.78, 5) is 0. The van der Waals surface area contributed by atoms with Crippen molar-refractivity contribution in [1.82, 2.24) is 5.32 Å². The Hall–Kier alpha value is -0.810. The number of amidine groups is 1. The topological polar surface area (TPSA) is 79.9 Å². The highest BCUT2D eigenvalue weighted by atomic mass is 16.5. The first kappa shape index (κ1) is 16.2. The summed E-state index contributed by atoms with van der Waals surface area (Å²) in [7, 11) is 0. The molecule has 1 unspecified atom stereocenters. The minimum Gasteiger partial charge on any atom is -0.409 e. The van der Waals surface area contributed by atoms with Gasteiger partial charge in [0.15, 0.2) is 0 Å². The fourth-order valence-electron chi connectivity index (χ4n) is 2.51. The van der Waals surface area contributed by atoms with Gasteiger partial charge in [0.05, 0.1) is 5.60 Å². The number of oxime groups is 1. The first-order valence-corrected chi connectivity index (χ1v) is 7.12. The lowest BCUT2D eigenvalue weighted by Gasteiger charge is -2.36. The third-order valence-corrected chi connectivity index (χ3v) is 3.91. The molecule has 1 atom stereocenters. The van der Waals surface area contributed by atoms with Gasteiger partial charge >= 0.3 is 0 Å². The predicted octanol–water partition coefficient (Wildman–Crippen LogP) is 2.09. The van der Waals surface area contributed by atoms with Crippen LogP contribution in [0, 0.1) is 5.41 Å². The highest BCUT2D eigenvalue weighted by Gasteiger charge is 2.28. The molecule has 0 spiro atoms. The van der Waals surface area contributed by atoms with Gasteiger partial charge in [-0.25, -0.2) is 0 Å². The van der Waals surface area contributed by atoms with E-state index in [0.717, 1.165) is 38.8 Å². The van der Waals surface area contributed by atoms with Crippen LogP contribution in [-0.4, -0.2) is 35.8 Å². The Bertz CT molecular complexity index is 314. The molecular formula is C14H29N3O2. The molecule has 5 nitrogen and oxygen atoms in total. The molecule has 1 heterocycles. The van der Waals surface area contributed by atoms with E-state index >= 15 is 0 Å². The molecule has 1 saturated heterocycles. The van der Waals surface area contributed by atoms with Crippen LogP contribution in [0.3, 0.4) is 0 Å². The number of ether oxygens (including phenoxy) is 1. The molecule has 1 aliphatic heterocycles. The molecular weight excluding hydrogens is 242 g/mol. The maximum absolute atomic E-state index is 8.72. The molecule has 0 aromatic rings. The smallest absolute Gasteiger partial charge is 0.144 e. The summed E-state index contributed by atoms with van der Waals surface area (Å²) < 4.78 is 5.70. The molecule has 0 aliphatic carbocycles. The lowest BCUT2D eigenvalue weighted by molar-refractivity contribution is -0.0628. The van der Waals surface area contributed by atoms with Gasteiger partial charge in [0.25, 0.3) is 0 Å². The first-order chi connectivity index (χ1) is 8.77. The van der Waals surface area contributed by atoms with Gasteiger partial charge < -0.3 is 21.0 Å². The summed E-state index contributed by atoms with van der Waals surface area (Å²) in [6, 6.07) is 0.538. The standard InChI is InChI=1S/C14H29N3O2/c1-13(2,12(15)17-18)7-5-8-16-11-6-9-19-14(3,4)10-11/h11,16,18H,5-10H2,1-4H3,(H2,15,17). The monoisotopic (exact) mass is 271 g/mol. The zero-order valence-corrected chi connectivity index (χ0v) is 12.7. The van der Waals surface area contributed by atoms with Gasteiger partial charge in [-0.1, -0.05) is 19.0 Å². The van der Waals surface area contributed by atoms with Crippen molar-refractivity contribution in [2.75, 3.05) is 13.2 Å². The molecule has 0 bridgehead atoms. The molecule has 1 aliphatic rings. The van der Waals surface area contributed by atoms with Crippen LogP contribution in [0.5, 0.6) is 0 Å². The molecule has 5 heteroatoms. The van der Waals surface area contributed by atoms with E-state index in [1.807, 2.05) is 13.8 Å². The number of nitrogens with one attached hydrogen (secondary N) is 1. The third-order valence-electron chi connectivity index (χ3n) is 3.91. The largest absolute Gasteiger partial charge is 0.409 e. The Kier molecular flexibility index (Phi) is 5.62. The zero-order chi connectivity index (χ0) is 14.5. The van der Waals surface area contributed by atoms with Crippen molar-refractivity contribution in [1.29, 1.82) is 0 Å². The highest BCUT2D eigenvalue weighted by Crippen LogP contribution is 2.25. The van der Waals surface area contributed by atoms with Gasteiger partial charge in [-0.3, -0.25) is 0 Å². The van der Waals surface area contributed by atoms with Gasteiger partial charge in [-0.2, -0.15) is 0 Å². The molecule has 0 saturated carbocycles. The Labute approximate surface area is 116 Å². The molecule has 112 valence electrons. The predicted molar refractivity (Wildman–Crippen MR) is 77.5 cm³/mol. The second-order valence-electron chi connectivity index (χ2n) is 6.72. The third kappa shape index (κ3) is 5.37. The second-order valence-corrected chi connectivity index (χ2v) is 6.72. The van der Waals surface area contributed by atoms with E-state index < -0.39 is 0 Å². The molecule has 1 rings (SSSR count). The van der Waals surface area contributed by atoms with Crippen molar-refractivity contribution in [3.63, 3.8) is 0 Å². The molecule has 1 fully saturated rings. The molecule has 0 aromatic carbocycles. The van der Waals surface area contributed by atoms with Crippen LogP contribution in [0.25, 0.3) is 0 Å². The zero-order valence-electron chi connectivity index (χ0n) is 12.7. The number of nitrogens with two attached hydrogens (primary N) is 1. The average molecular weight is 271 g/mol. The Morgan fingerprint density at radius 3 is 2.79 bits per heavy atom. The molecule has 0 amide bonds. The molecule has 4 N–H and O–H groups in total. The summed E-state index contributed by atoms with van der Waals surface area (Å²) in [6.45, 7) is 10.1. The fourth-order valence-corrected chi connectivity index (χ4v) is 2.51. The maximum Gasteiger partial charge on any atom is 0.144 e. The quantitative estimate of drug-likeness (QED) is 0.227. The van der Waals surface area contributed by atoms with Gasteiger partial charge in [-0.05, 0) is 46.1 Å².